The molecule has 2 aromatic carbocycles. The lowest BCUT2D eigenvalue weighted by Gasteiger charge is -2.36. The SMILES string of the molecule is O=C(NC[C@@H]1Cc2ccccc21)[C@H]1Cc2ccccc2CN1S(=O)(=O)c1cccs1. The van der Waals surface area contributed by atoms with Crippen molar-refractivity contribution in [3.05, 3.63) is 88.3 Å². The standard InChI is InChI=1S/C23H22N2O3S2/c26-23(24-14-19-12-17-7-3-4-9-20(17)19)21-13-16-6-1-2-8-18(16)15-25(21)30(27,28)22-10-5-11-29-22/h1-11,19,21H,12-15H2,(H,24,26)/t19-,21+/m0/s1. The molecule has 0 radical (unpaired) electrons. The van der Waals surface area contributed by atoms with Crippen LogP contribution in [0.1, 0.15) is 28.2 Å². The molecule has 0 fully saturated rings. The number of fused-ring (bicyclic) bond motifs is 2. The van der Waals surface area contributed by atoms with Gasteiger partial charge in [0.2, 0.25) is 5.91 Å². The molecule has 154 valence electrons. The minimum atomic E-state index is -3.74. The number of nitrogens with one attached hydrogen (secondary N) is 1. The molecule has 0 unspecified atom stereocenters. The number of nitrogens with zero attached hydrogens (tertiary/aromatic N) is 1. The highest BCUT2D eigenvalue weighted by Crippen LogP contribution is 2.35. The first-order chi connectivity index (χ1) is 14.5. The molecule has 3 aromatic rings. The van der Waals surface area contributed by atoms with Crippen LogP contribution in [0.3, 0.4) is 0 Å². The third-order valence-electron chi connectivity index (χ3n) is 6.05. The van der Waals surface area contributed by atoms with Gasteiger partial charge in [-0.15, -0.1) is 11.3 Å². The fraction of sp³-hybridized carbons (Fsp3) is 0.261. The Morgan fingerprint density at radius 2 is 1.70 bits per heavy atom. The second-order valence-corrected chi connectivity index (χ2v) is 10.9. The summed E-state index contributed by atoms with van der Waals surface area (Å²) in [6, 6.07) is 18.6. The molecule has 2 heterocycles. The van der Waals surface area contributed by atoms with Crippen LogP contribution < -0.4 is 5.32 Å². The van der Waals surface area contributed by atoms with Gasteiger partial charge in [0, 0.05) is 19.0 Å². The number of hydrogen-bond acceptors (Lipinski definition) is 4. The van der Waals surface area contributed by atoms with E-state index in [0.29, 0.717) is 18.9 Å². The van der Waals surface area contributed by atoms with Crippen LogP contribution in [0.25, 0.3) is 0 Å². The smallest absolute Gasteiger partial charge is 0.253 e. The number of hydrogen-bond donors (Lipinski definition) is 1. The fourth-order valence-electron chi connectivity index (χ4n) is 4.39. The van der Waals surface area contributed by atoms with Gasteiger partial charge < -0.3 is 5.32 Å². The molecule has 1 aliphatic heterocycles. The van der Waals surface area contributed by atoms with Gasteiger partial charge in [0.15, 0.2) is 0 Å². The van der Waals surface area contributed by atoms with Gasteiger partial charge >= 0.3 is 0 Å². The van der Waals surface area contributed by atoms with Crippen LogP contribution in [0.15, 0.2) is 70.3 Å². The molecular formula is C23H22N2O3S2. The number of sulfonamides is 1. The Kier molecular flexibility index (Phi) is 4.97. The van der Waals surface area contributed by atoms with E-state index in [1.54, 1.807) is 17.5 Å². The molecule has 0 spiro atoms. The molecule has 0 saturated carbocycles. The number of amides is 1. The van der Waals surface area contributed by atoms with Crippen molar-refractivity contribution in [3.8, 4) is 0 Å². The normalized spacial score (nSPS) is 20.7. The Labute approximate surface area is 180 Å². The molecule has 7 heteroatoms. The summed E-state index contributed by atoms with van der Waals surface area (Å²) >= 11 is 1.18. The summed E-state index contributed by atoms with van der Waals surface area (Å²) in [5.41, 5.74) is 4.58. The van der Waals surface area contributed by atoms with E-state index in [-0.39, 0.29) is 16.7 Å². The zero-order chi connectivity index (χ0) is 20.7. The maximum atomic E-state index is 13.3. The lowest BCUT2D eigenvalue weighted by atomic mass is 9.77. The maximum Gasteiger partial charge on any atom is 0.253 e. The molecule has 1 aliphatic carbocycles. The van der Waals surface area contributed by atoms with E-state index in [9.17, 15) is 13.2 Å². The molecule has 1 N–H and O–H groups in total. The summed E-state index contributed by atoms with van der Waals surface area (Å²) in [7, 11) is -3.74. The molecule has 5 rings (SSSR count). The second-order valence-electron chi connectivity index (χ2n) is 7.82. The highest BCUT2D eigenvalue weighted by molar-refractivity contribution is 7.91. The van der Waals surface area contributed by atoms with Crippen molar-refractivity contribution in [2.75, 3.05) is 6.54 Å². The quantitative estimate of drug-likeness (QED) is 0.665. The van der Waals surface area contributed by atoms with Gasteiger partial charge in [0.05, 0.1) is 0 Å². The molecule has 1 amide bonds. The third kappa shape index (κ3) is 3.37. The summed E-state index contributed by atoms with van der Waals surface area (Å²) in [5, 5.41) is 4.78. The van der Waals surface area contributed by atoms with E-state index in [1.807, 2.05) is 36.4 Å². The largest absolute Gasteiger partial charge is 0.354 e. The van der Waals surface area contributed by atoms with Crippen LogP contribution in [-0.4, -0.2) is 31.2 Å². The zero-order valence-electron chi connectivity index (χ0n) is 16.3. The Balaban J connectivity index is 1.39. The van der Waals surface area contributed by atoms with E-state index in [0.717, 1.165) is 17.5 Å². The van der Waals surface area contributed by atoms with Gasteiger partial charge in [-0.1, -0.05) is 54.6 Å². The molecule has 30 heavy (non-hydrogen) atoms. The average Bonchev–Trinajstić information content (AvgIpc) is 3.29. The lowest BCUT2D eigenvalue weighted by molar-refractivity contribution is -0.125. The first kappa shape index (κ1) is 19.5. The fourth-order valence-corrected chi connectivity index (χ4v) is 7.07. The van der Waals surface area contributed by atoms with E-state index in [2.05, 4.69) is 17.4 Å². The summed E-state index contributed by atoms with van der Waals surface area (Å²) in [6.45, 7) is 0.738. The van der Waals surface area contributed by atoms with Crippen LogP contribution in [-0.2, 0) is 34.2 Å². The van der Waals surface area contributed by atoms with Gasteiger partial charge in [0.1, 0.15) is 10.3 Å². The molecule has 2 aliphatic rings. The Morgan fingerprint density at radius 3 is 2.43 bits per heavy atom. The number of benzene rings is 2. The van der Waals surface area contributed by atoms with Gasteiger partial charge in [-0.2, -0.15) is 4.31 Å². The van der Waals surface area contributed by atoms with E-state index < -0.39 is 16.1 Å². The van der Waals surface area contributed by atoms with E-state index in [4.69, 9.17) is 0 Å². The third-order valence-corrected chi connectivity index (χ3v) is 9.28. The molecule has 0 saturated heterocycles. The molecular weight excluding hydrogens is 416 g/mol. The van der Waals surface area contributed by atoms with Gasteiger partial charge in [-0.05, 0) is 46.5 Å². The number of thiophene rings is 1. The summed E-state index contributed by atoms with van der Waals surface area (Å²) < 4.78 is 28.2. The first-order valence-corrected chi connectivity index (χ1v) is 12.3. The van der Waals surface area contributed by atoms with Crippen LogP contribution in [0.5, 0.6) is 0 Å². The summed E-state index contributed by atoms with van der Waals surface area (Å²) in [5.74, 6) is 0.0670. The van der Waals surface area contributed by atoms with Crippen molar-refractivity contribution < 1.29 is 13.2 Å². The second kappa shape index (κ2) is 7.65. The van der Waals surface area contributed by atoms with Crippen molar-refractivity contribution in [3.63, 3.8) is 0 Å². The van der Waals surface area contributed by atoms with Crippen LogP contribution in [0, 0.1) is 0 Å². The molecule has 1 aromatic heterocycles. The predicted octanol–water partition coefficient (Wildman–Crippen LogP) is 3.32. The average molecular weight is 439 g/mol. The number of carbonyl (C=O) groups is 1. The summed E-state index contributed by atoms with van der Waals surface area (Å²) in [6.07, 6.45) is 1.33. The van der Waals surface area contributed by atoms with Crippen molar-refractivity contribution >= 4 is 27.3 Å². The molecule has 2 atom stereocenters. The van der Waals surface area contributed by atoms with Gasteiger partial charge in [-0.3, -0.25) is 4.79 Å². The van der Waals surface area contributed by atoms with Crippen molar-refractivity contribution in [2.45, 2.75) is 35.6 Å². The highest BCUT2D eigenvalue weighted by atomic mass is 32.2. The molecule has 5 nitrogen and oxygen atoms in total. The first-order valence-electron chi connectivity index (χ1n) is 10.0. The minimum absolute atomic E-state index is 0.209. The van der Waals surface area contributed by atoms with Crippen molar-refractivity contribution in [1.29, 1.82) is 0 Å². The van der Waals surface area contributed by atoms with Crippen LogP contribution in [0.4, 0.5) is 0 Å². The minimum Gasteiger partial charge on any atom is -0.354 e. The zero-order valence-corrected chi connectivity index (χ0v) is 18.0. The van der Waals surface area contributed by atoms with Gasteiger partial charge in [-0.25, -0.2) is 8.42 Å². The lowest BCUT2D eigenvalue weighted by Crippen LogP contribution is -2.53. The van der Waals surface area contributed by atoms with E-state index in [1.165, 1.54) is 26.8 Å². The maximum absolute atomic E-state index is 13.3. The van der Waals surface area contributed by atoms with Crippen LogP contribution >= 0.6 is 11.3 Å². The van der Waals surface area contributed by atoms with Crippen molar-refractivity contribution in [2.24, 2.45) is 0 Å². The topological polar surface area (TPSA) is 66.5 Å². The number of carbonyl (C=O) groups excluding carboxylic acids is 1. The number of rotatable bonds is 5. The molecule has 0 bridgehead atoms. The predicted molar refractivity (Wildman–Crippen MR) is 117 cm³/mol. The monoisotopic (exact) mass is 438 g/mol. The van der Waals surface area contributed by atoms with Crippen molar-refractivity contribution in [1.82, 2.24) is 9.62 Å². The Bertz CT molecular complexity index is 1190. The highest BCUT2D eigenvalue weighted by Gasteiger charge is 2.40. The Hall–Kier alpha value is -2.48. The summed E-state index contributed by atoms with van der Waals surface area (Å²) in [4.78, 5) is 13.2. The van der Waals surface area contributed by atoms with E-state index >= 15 is 0 Å². The Morgan fingerprint density at radius 1 is 0.967 bits per heavy atom. The van der Waals surface area contributed by atoms with Crippen LogP contribution in [0.2, 0.25) is 0 Å². The van der Waals surface area contributed by atoms with Gasteiger partial charge in [0.25, 0.3) is 10.0 Å².